The van der Waals surface area contributed by atoms with E-state index in [0.717, 1.165) is 29.9 Å². The molecule has 0 fully saturated rings. The maximum Gasteiger partial charge on any atom is 0.101 e. The lowest BCUT2D eigenvalue weighted by Crippen LogP contribution is -2.22. The van der Waals surface area contributed by atoms with Crippen LogP contribution in [0.1, 0.15) is 29.9 Å². The maximum atomic E-state index is 6.05. The van der Waals surface area contributed by atoms with Gasteiger partial charge in [0.05, 0.1) is 16.3 Å². The van der Waals surface area contributed by atoms with Crippen molar-refractivity contribution >= 4 is 23.2 Å². The minimum atomic E-state index is 0.222. The monoisotopic (exact) mass is 297 g/mol. The van der Waals surface area contributed by atoms with Crippen molar-refractivity contribution in [1.82, 2.24) is 5.32 Å². The molecular weight excluding hydrogens is 281 g/mol. The van der Waals surface area contributed by atoms with Crippen LogP contribution in [0.4, 0.5) is 0 Å². The minimum absolute atomic E-state index is 0.222. The first kappa shape index (κ1) is 14.4. The summed E-state index contributed by atoms with van der Waals surface area (Å²) in [5, 5.41) is 4.64. The molecule has 4 heteroatoms. The molecule has 1 heterocycles. The Hall–Kier alpha value is -0.960. The molecule has 19 heavy (non-hydrogen) atoms. The minimum Gasteiger partial charge on any atom is -0.469 e. The molecule has 0 bridgehead atoms. The van der Waals surface area contributed by atoms with Gasteiger partial charge in [-0.2, -0.15) is 0 Å². The van der Waals surface area contributed by atoms with Crippen molar-refractivity contribution in [3.05, 3.63) is 57.5 Å². The quantitative estimate of drug-likeness (QED) is 0.858. The van der Waals surface area contributed by atoms with Crippen molar-refractivity contribution in [2.45, 2.75) is 26.3 Å². The molecule has 0 radical (unpaired) electrons. The zero-order valence-corrected chi connectivity index (χ0v) is 12.6. The number of halogens is 2. The van der Waals surface area contributed by atoms with Gasteiger partial charge in [-0.25, -0.2) is 0 Å². The smallest absolute Gasteiger partial charge is 0.101 e. The third-order valence-corrected chi connectivity index (χ3v) is 3.77. The summed E-state index contributed by atoms with van der Waals surface area (Å²) in [6.45, 7) is 4.94. The van der Waals surface area contributed by atoms with Crippen LogP contribution in [0.5, 0.6) is 0 Å². The molecule has 1 aromatic heterocycles. The van der Waals surface area contributed by atoms with E-state index in [1.807, 2.05) is 25.1 Å². The molecule has 1 N–H and O–H groups in total. The fourth-order valence-corrected chi connectivity index (χ4v) is 2.42. The molecule has 0 aliphatic heterocycles. The Morgan fingerprint density at radius 2 is 2.00 bits per heavy atom. The lowest BCUT2D eigenvalue weighted by molar-refractivity contribution is 0.511. The number of hydrogen-bond donors (Lipinski definition) is 1. The first-order valence-corrected chi connectivity index (χ1v) is 7.08. The summed E-state index contributed by atoms with van der Waals surface area (Å²) in [5.41, 5.74) is 2.31. The highest BCUT2D eigenvalue weighted by Crippen LogP contribution is 2.26. The van der Waals surface area contributed by atoms with E-state index in [2.05, 4.69) is 18.3 Å². The van der Waals surface area contributed by atoms with E-state index >= 15 is 0 Å². The highest BCUT2D eigenvalue weighted by molar-refractivity contribution is 6.42. The molecule has 0 saturated heterocycles. The Labute approximate surface area is 123 Å². The van der Waals surface area contributed by atoms with Crippen molar-refractivity contribution in [3.63, 3.8) is 0 Å². The zero-order valence-electron chi connectivity index (χ0n) is 11.0. The lowest BCUT2D eigenvalue weighted by atomic mass is 10.0. The van der Waals surface area contributed by atoms with E-state index in [9.17, 15) is 0 Å². The van der Waals surface area contributed by atoms with Crippen LogP contribution in [0, 0.1) is 6.92 Å². The van der Waals surface area contributed by atoms with Gasteiger partial charge in [-0.3, -0.25) is 0 Å². The third kappa shape index (κ3) is 3.75. The number of likely N-dealkylation sites (N-methyl/N-ethyl adjacent to an activating group) is 1. The number of aryl methyl sites for hydroxylation is 1. The van der Waals surface area contributed by atoms with Crippen molar-refractivity contribution in [1.29, 1.82) is 0 Å². The van der Waals surface area contributed by atoms with Gasteiger partial charge in [0.1, 0.15) is 5.76 Å². The van der Waals surface area contributed by atoms with Gasteiger partial charge in [-0.1, -0.05) is 36.2 Å². The average molecular weight is 298 g/mol. The van der Waals surface area contributed by atoms with Gasteiger partial charge < -0.3 is 9.73 Å². The third-order valence-electron chi connectivity index (χ3n) is 3.03. The Bertz CT molecular complexity index is 551. The first-order chi connectivity index (χ1) is 9.10. The molecular formula is C15H17Cl2NO. The van der Waals surface area contributed by atoms with Gasteiger partial charge in [0.25, 0.3) is 0 Å². The van der Waals surface area contributed by atoms with Crippen LogP contribution in [0.2, 0.25) is 10.0 Å². The summed E-state index contributed by atoms with van der Waals surface area (Å²) >= 11 is 12.0. The summed E-state index contributed by atoms with van der Waals surface area (Å²) in [6, 6.07) is 8.04. The predicted octanol–water partition coefficient (Wildman–Crippen LogP) is 4.79. The largest absolute Gasteiger partial charge is 0.469 e. The van der Waals surface area contributed by atoms with Crippen LogP contribution in [0.25, 0.3) is 0 Å². The standard InChI is InChI=1S/C15H17Cl2NO/c1-3-18-15(12-6-10(2)19-9-12)8-11-4-5-13(16)14(17)7-11/h4-7,9,15,18H,3,8H2,1-2H3. The molecule has 0 saturated carbocycles. The molecule has 0 amide bonds. The first-order valence-electron chi connectivity index (χ1n) is 6.32. The molecule has 102 valence electrons. The highest BCUT2D eigenvalue weighted by Gasteiger charge is 2.14. The maximum absolute atomic E-state index is 6.05. The molecule has 0 aliphatic rings. The van der Waals surface area contributed by atoms with Crippen LogP contribution in [-0.4, -0.2) is 6.54 Å². The normalized spacial score (nSPS) is 12.6. The zero-order chi connectivity index (χ0) is 13.8. The topological polar surface area (TPSA) is 25.2 Å². The summed E-state index contributed by atoms with van der Waals surface area (Å²) < 4.78 is 5.39. The fourth-order valence-electron chi connectivity index (χ4n) is 2.10. The van der Waals surface area contributed by atoms with Crippen LogP contribution < -0.4 is 5.32 Å². The van der Waals surface area contributed by atoms with E-state index in [1.165, 1.54) is 0 Å². The molecule has 0 aliphatic carbocycles. The number of hydrogen-bond acceptors (Lipinski definition) is 2. The summed E-state index contributed by atoms with van der Waals surface area (Å²) in [5.74, 6) is 0.923. The second kappa shape index (κ2) is 6.47. The van der Waals surface area contributed by atoms with Crippen molar-refractivity contribution in [2.24, 2.45) is 0 Å². The van der Waals surface area contributed by atoms with Crippen LogP contribution >= 0.6 is 23.2 Å². The van der Waals surface area contributed by atoms with Crippen molar-refractivity contribution in [3.8, 4) is 0 Å². The number of benzene rings is 1. The van der Waals surface area contributed by atoms with Gasteiger partial charge >= 0.3 is 0 Å². The van der Waals surface area contributed by atoms with Gasteiger partial charge in [-0.15, -0.1) is 0 Å². The number of furan rings is 1. The highest BCUT2D eigenvalue weighted by atomic mass is 35.5. The van der Waals surface area contributed by atoms with Crippen LogP contribution in [0.3, 0.4) is 0 Å². The molecule has 2 aromatic rings. The van der Waals surface area contributed by atoms with Crippen molar-refractivity contribution < 1.29 is 4.42 Å². The molecule has 1 unspecified atom stereocenters. The van der Waals surface area contributed by atoms with Gasteiger partial charge in [0, 0.05) is 11.6 Å². The molecule has 2 nitrogen and oxygen atoms in total. The summed E-state index contributed by atoms with van der Waals surface area (Å²) in [4.78, 5) is 0. The predicted molar refractivity (Wildman–Crippen MR) is 80.0 cm³/mol. The summed E-state index contributed by atoms with van der Waals surface area (Å²) in [7, 11) is 0. The van der Waals surface area contributed by atoms with Gasteiger partial charge in [0.2, 0.25) is 0 Å². The Kier molecular flexibility index (Phi) is 4.92. The molecule has 0 spiro atoms. The van der Waals surface area contributed by atoms with Crippen molar-refractivity contribution in [2.75, 3.05) is 6.54 Å². The molecule has 1 atom stereocenters. The van der Waals surface area contributed by atoms with E-state index in [0.29, 0.717) is 10.0 Å². The van der Waals surface area contributed by atoms with E-state index < -0.39 is 0 Å². The molecule has 1 aromatic carbocycles. The van der Waals surface area contributed by atoms with Crippen LogP contribution in [0.15, 0.2) is 34.9 Å². The Balaban J connectivity index is 2.18. The Morgan fingerprint density at radius 3 is 2.58 bits per heavy atom. The second-order valence-corrected chi connectivity index (χ2v) is 5.37. The van der Waals surface area contributed by atoms with Crippen LogP contribution in [-0.2, 0) is 6.42 Å². The fraction of sp³-hybridized carbons (Fsp3) is 0.333. The SMILES string of the molecule is CCNC(Cc1ccc(Cl)c(Cl)c1)c1coc(C)c1. The lowest BCUT2D eigenvalue weighted by Gasteiger charge is -2.16. The number of nitrogens with one attached hydrogen (secondary N) is 1. The van der Waals surface area contributed by atoms with Gasteiger partial charge in [-0.05, 0) is 43.7 Å². The Morgan fingerprint density at radius 1 is 1.21 bits per heavy atom. The average Bonchev–Trinajstić information content (AvgIpc) is 2.80. The van der Waals surface area contributed by atoms with E-state index in [1.54, 1.807) is 6.26 Å². The van der Waals surface area contributed by atoms with Gasteiger partial charge in [0.15, 0.2) is 0 Å². The molecule has 2 rings (SSSR count). The second-order valence-electron chi connectivity index (χ2n) is 4.55. The number of rotatable bonds is 5. The van der Waals surface area contributed by atoms with E-state index in [4.69, 9.17) is 27.6 Å². The van der Waals surface area contributed by atoms with E-state index in [-0.39, 0.29) is 6.04 Å². The summed E-state index contributed by atoms with van der Waals surface area (Å²) in [6.07, 6.45) is 2.66.